The Morgan fingerprint density at radius 2 is 1.30 bits per heavy atom. The molecule has 5 nitrogen and oxygen atoms in total. The maximum atomic E-state index is 12.7. The lowest BCUT2D eigenvalue weighted by molar-refractivity contribution is -0.116. The van der Waals surface area contributed by atoms with E-state index in [1.54, 1.807) is 61.5 Å². The van der Waals surface area contributed by atoms with E-state index in [1.165, 1.54) is 12.1 Å². The third-order valence-corrected chi connectivity index (χ3v) is 5.64. The molecule has 0 aliphatic carbocycles. The van der Waals surface area contributed by atoms with Crippen LogP contribution in [0.3, 0.4) is 0 Å². The minimum atomic E-state index is -0.767. The number of allylic oxidation sites excluding steroid dienone is 1. The summed E-state index contributed by atoms with van der Waals surface area (Å²) in [6.45, 7) is 1.62. The highest BCUT2D eigenvalue weighted by Crippen LogP contribution is 2.30. The van der Waals surface area contributed by atoms with E-state index in [2.05, 4.69) is 10.3 Å². The van der Waals surface area contributed by atoms with Gasteiger partial charge in [0.05, 0.1) is 16.4 Å². The van der Waals surface area contributed by atoms with E-state index in [1.807, 2.05) is 0 Å². The van der Waals surface area contributed by atoms with Gasteiger partial charge in [-0.1, -0.05) is 58.5 Å². The van der Waals surface area contributed by atoms with E-state index < -0.39 is 11.8 Å². The van der Waals surface area contributed by atoms with Crippen LogP contribution in [0.1, 0.15) is 22.8 Å². The zero-order valence-corrected chi connectivity index (χ0v) is 20.2. The zero-order valence-electron chi connectivity index (χ0n) is 17.2. The van der Waals surface area contributed by atoms with E-state index in [0.29, 0.717) is 42.6 Å². The van der Waals surface area contributed by atoms with Gasteiger partial charge in [0.1, 0.15) is 5.70 Å². The van der Waals surface area contributed by atoms with Crippen molar-refractivity contribution < 1.29 is 9.59 Å². The van der Waals surface area contributed by atoms with Crippen molar-refractivity contribution in [2.24, 2.45) is 10.7 Å². The predicted octanol–water partition coefficient (Wildman–Crippen LogP) is 6.61. The van der Waals surface area contributed by atoms with Crippen LogP contribution in [0.25, 0.3) is 0 Å². The number of carbonyl (C=O) groups is 2. The van der Waals surface area contributed by atoms with Crippen LogP contribution in [0.4, 0.5) is 5.69 Å². The number of aliphatic imine (C=N–C) groups is 1. The van der Waals surface area contributed by atoms with E-state index in [9.17, 15) is 9.59 Å². The van der Waals surface area contributed by atoms with Crippen molar-refractivity contribution in [3.63, 3.8) is 0 Å². The highest BCUT2D eigenvalue weighted by Gasteiger charge is 2.18. The van der Waals surface area contributed by atoms with Crippen LogP contribution in [0.2, 0.25) is 20.1 Å². The van der Waals surface area contributed by atoms with E-state index >= 15 is 0 Å². The van der Waals surface area contributed by atoms with Gasteiger partial charge >= 0.3 is 0 Å². The summed E-state index contributed by atoms with van der Waals surface area (Å²) in [5, 5.41) is 4.05. The largest absolute Gasteiger partial charge is 0.394 e. The smallest absolute Gasteiger partial charge is 0.274 e. The molecule has 2 amide bonds. The molecule has 0 bridgehead atoms. The second-order valence-corrected chi connectivity index (χ2v) is 8.61. The molecule has 0 unspecified atom stereocenters. The number of halogens is 4. The first-order valence-electron chi connectivity index (χ1n) is 9.53. The molecule has 0 aliphatic heterocycles. The van der Waals surface area contributed by atoms with Crippen molar-refractivity contribution in [2.75, 3.05) is 0 Å². The molecule has 3 N–H and O–H groups in total. The second kappa shape index (κ2) is 10.9. The molecule has 168 valence electrons. The molecule has 0 spiro atoms. The highest BCUT2D eigenvalue weighted by molar-refractivity contribution is 6.36. The summed E-state index contributed by atoms with van der Waals surface area (Å²) in [4.78, 5) is 29.8. The monoisotopic (exact) mass is 519 g/mol. The summed E-state index contributed by atoms with van der Waals surface area (Å²) in [6.07, 6.45) is 0. The molecule has 0 heterocycles. The van der Waals surface area contributed by atoms with Gasteiger partial charge in [0.15, 0.2) is 0 Å². The first-order valence-corrected chi connectivity index (χ1v) is 11.0. The third kappa shape index (κ3) is 6.36. The normalized spacial score (nSPS) is 12.2. The molecule has 0 saturated heterocycles. The summed E-state index contributed by atoms with van der Waals surface area (Å²) in [7, 11) is 0. The van der Waals surface area contributed by atoms with Crippen molar-refractivity contribution in [1.29, 1.82) is 0 Å². The molecule has 9 heteroatoms. The average molecular weight is 521 g/mol. The minimum absolute atomic E-state index is 0.184. The molecule has 0 aromatic heterocycles. The Bertz CT molecular complexity index is 1270. The fourth-order valence-corrected chi connectivity index (χ4v) is 3.51. The number of rotatable bonds is 5. The maximum Gasteiger partial charge on any atom is 0.274 e. The van der Waals surface area contributed by atoms with Gasteiger partial charge in [0, 0.05) is 31.8 Å². The van der Waals surface area contributed by atoms with Crippen molar-refractivity contribution in [3.8, 4) is 0 Å². The van der Waals surface area contributed by atoms with Crippen LogP contribution >= 0.6 is 46.4 Å². The lowest BCUT2D eigenvalue weighted by atomic mass is 10.0. The minimum Gasteiger partial charge on any atom is -0.394 e. The molecule has 3 rings (SSSR count). The maximum absolute atomic E-state index is 12.7. The molecule has 3 aromatic carbocycles. The summed E-state index contributed by atoms with van der Waals surface area (Å²) < 4.78 is 0. The Morgan fingerprint density at radius 3 is 1.85 bits per heavy atom. The van der Waals surface area contributed by atoms with Crippen molar-refractivity contribution in [1.82, 2.24) is 5.32 Å². The fraction of sp³-hybridized carbons (Fsp3) is 0.0417. The van der Waals surface area contributed by atoms with Gasteiger partial charge in [-0.3, -0.25) is 14.9 Å². The van der Waals surface area contributed by atoms with Crippen molar-refractivity contribution >= 4 is 69.6 Å². The number of nitrogens with one attached hydrogen (secondary N) is 1. The van der Waals surface area contributed by atoms with Gasteiger partial charge in [-0.25, -0.2) is 4.99 Å². The number of hydrogen-bond acceptors (Lipinski definition) is 4. The number of imide groups is 1. The van der Waals surface area contributed by atoms with Gasteiger partial charge in [-0.2, -0.15) is 0 Å². The van der Waals surface area contributed by atoms with Crippen LogP contribution in [0.5, 0.6) is 0 Å². The Balaban J connectivity index is 2.00. The number of nitrogens with two attached hydrogens (primary N) is 1. The van der Waals surface area contributed by atoms with Gasteiger partial charge in [0.2, 0.25) is 0 Å². The van der Waals surface area contributed by atoms with Crippen LogP contribution < -0.4 is 11.1 Å². The Morgan fingerprint density at radius 1 is 0.788 bits per heavy atom. The molecule has 0 saturated carbocycles. The number of nitrogens with zero attached hydrogens (tertiary/aromatic N) is 1. The Hall–Kier alpha value is -2.83. The standard InChI is InChI=1S/C24H17Cl4N3O2/c1-13(21(29)24(33)31-23(32)15-4-8-17(26)9-5-15)22(14-2-6-16(25)7-3-14)30-20-11-10-18(27)12-19(20)28/h2-12H,29H2,1H3,(H,31,32,33)/b21-13-,30-22?. The van der Waals surface area contributed by atoms with Crippen LogP contribution in [-0.2, 0) is 4.79 Å². The van der Waals surface area contributed by atoms with Crippen molar-refractivity contribution in [3.05, 3.63) is 109 Å². The van der Waals surface area contributed by atoms with Crippen LogP contribution in [-0.4, -0.2) is 17.5 Å². The average Bonchev–Trinajstić information content (AvgIpc) is 2.78. The molecule has 0 fully saturated rings. The highest BCUT2D eigenvalue weighted by atomic mass is 35.5. The topological polar surface area (TPSA) is 84.5 Å². The van der Waals surface area contributed by atoms with E-state index in [4.69, 9.17) is 52.1 Å². The molecule has 3 aromatic rings. The van der Waals surface area contributed by atoms with E-state index in [-0.39, 0.29) is 11.3 Å². The molecule has 33 heavy (non-hydrogen) atoms. The summed E-state index contributed by atoms with van der Waals surface area (Å²) in [5.41, 5.74) is 7.99. The lowest BCUT2D eigenvalue weighted by Gasteiger charge is -2.13. The fourth-order valence-electron chi connectivity index (χ4n) is 2.81. The SMILES string of the molecule is C/C(C(=Nc1ccc(Cl)cc1Cl)c1ccc(Cl)cc1)=C(/N)C(=O)NC(=O)c1ccc(Cl)cc1. The Kier molecular flexibility index (Phi) is 8.16. The number of amides is 2. The summed E-state index contributed by atoms with van der Waals surface area (Å²) in [6, 6.07) is 17.8. The number of benzene rings is 3. The van der Waals surface area contributed by atoms with Gasteiger partial charge in [0.25, 0.3) is 11.8 Å². The van der Waals surface area contributed by atoms with E-state index in [0.717, 1.165) is 0 Å². The second-order valence-electron chi connectivity index (χ2n) is 6.89. The van der Waals surface area contributed by atoms with Gasteiger partial charge < -0.3 is 5.73 Å². The number of hydrogen-bond donors (Lipinski definition) is 2. The third-order valence-electron chi connectivity index (χ3n) is 4.60. The van der Waals surface area contributed by atoms with Crippen LogP contribution in [0, 0.1) is 0 Å². The van der Waals surface area contributed by atoms with Crippen LogP contribution in [0.15, 0.2) is 83.0 Å². The Labute approximate surface area is 210 Å². The molecular weight excluding hydrogens is 504 g/mol. The van der Waals surface area contributed by atoms with Crippen molar-refractivity contribution in [2.45, 2.75) is 6.92 Å². The summed E-state index contributed by atoms with van der Waals surface area (Å²) in [5.74, 6) is -1.38. The first kappa shape index (κ1) is 24.8. The molecule has 0 aliphatic rings. The zero-order chi connectivity index (χ0) is 24.1. The van der Waals surface area contributed by atoms with Gasteiger partial charge in [-0.15, -0.1) is 0 Å². The lowest BCUT2D eigenvalue weighted by Crippen LogP contribution is -2.35. The quantitative estimate of drug-likeness (QED) is 0.293. The predicted molar refractivity (Wildman–Crippen MR) is 135 cm³/mol. The molecule has 0 atom stereocenters. The van der Waals surface area contributed by atoms with Gasteiger partial charge in [-0.05, 0) is 61.5 Å². The first-order chi connectivity index (χ1) is 15.7. The number of carbonyl (C=O) groups excluding carboxylic acids is 2. The molecular formula is C24H17Cl4N3O2. The summed E-state index contributed by atoms with van der Waals surface area (Å²) >= 11 is 24.1. The molecule has 0 radical (unpaired) electrons.